The van der Waals surface area contributed by atoms with E-state index in [1.54, 1.807) is 0 Å². The first-order valence-corrected chi connectivity index (χ1v) is 4.88. The molecule has 0 saturated carbocycles. The number of aliphatic hydroxyl groups excluding tert-OH is 1. The van der Waals surface area contributed by atoms with Gasteiger partial charge in [-0.1, -0.05) is 17.3 Å². The molecule has 2 aromatic rings. The van der Waals surface area contributed by atoms with Gasteiger partial charge in [0.15, 0.2) is 6.23 Å². The lowest BCUT2D eigenvalue weighted by Gasteiger charge is -2.13. The van der Waals surface area contributed by atoms with E-state index in [4.69, 9.17) is 0 Å². The van der Waals surface area contributed by atoms with Crippen molar-refractivity contribution in [3.63, 3.8) is 0 Å². The van der Waals surface area contributed by atoms with Gasteiger partial charge < -0.3 is 5.11 Å². The predicted molar refractivity (Wildman–Crippen MR) is 57.2 cm³/mol. The quantitative estimate of drug-likeness (QED) is 0.732. The standard InChI is InChI=1S/C9H11N3OS/c1-6(14)9(13)12-8-5-3-2-4-7(8)10-11-12/h2-6,9,13-14H,1H3/t6-,9?/m1/s1. The minimum absolute atomic E-state index is 0.180. The van der Waals surface area contributed by atoms with Crippen molar-refractivity contribution in [2.75, 3.05) is 0 Å². The molecule has 2 rings (SSSR count). The molecule has 0 saturated heterocycles. The van der Waals surface area contributed by atoms with Gasteiger partial charge in [-0.3, -0.25) is 0 Å². The number of aliphatic hydroxyl groups is 1. The van der Waals surface area contributed by atoms with Crippen LogP contribution in [0.3, 0.4) is 0 Å². The zero-order valence-corrected chi connectivity index (χ0v) is 8.59. The van der Waals surface area contributed by atoms with Crippen molar-refractivity contribution < 1.29 is 5.11 Å². The van der Waals surface area contributed by atoms with Gasteiger partial charge in [-0.05, 0) is 19.1 Å². The Morgan fingerprint density at radius 3 is 2.86 bits per heavy atom. The van der Waals surface area contributed by atoms with Crippen LogP contribution in [0.15, 0.2) is 24.3 Å². The lowest BCUT2D eigenvalue weighted by atomic mass is 10.3. The van der Waals surface area contributed by atoms with Crippen LogP contribution in [0.25, 0.3) is 11.0 Å². The van der Waals surface area contributed by atoms with Crippen LogP contribution < -0.4 is 0 Å². The molecule has 1 aromatic carbocycles. The lowest BCUT2D eigenvalue weighted by Crippen LogP contribution is -2.18. The molecule has 1 heterocycles. The summed E-state index contributed by atoms with van der Waals surface area (Å²) in [6.45, 7) is 1.81. The summed E-state index contributed by atoms with van der Waals surface area (Å²) in [6, 6.07) is 7.50. The summed E-state index contributed by atoms with van der Waals surface area (Å²) >= 11 is 4.17. The van der Waals surface area contributed by atoms with E-state index < -0.39 is 6.23 Å². The average molecular weight is 209 g/mol. The summed E-state index contributed by atoms with van der Waals surface area (Å²) in [5.41, 5.74) is 1.60. The smallest absolute Gasteiger partial charge is 0.160 e. The molecule has 2 atom stereocenters. The first-order valence-electron chi connectivity index (χ1n) is 4.36. The van der Waals surface area contributed by atoms with Gasteiger partial charge in [-0.15, -0.1) is 5.10 Å². The maximum Gasteiger partial charge on any atom is 0.160 e. The first kappa shape index (κ1) is 9.48. The minimum atomic E-state index is -0.745. The normalized spacial score (nSPS) is 15.6. The predicted octanol–water partition coefficient (Wildman–Crippen LogP) is 1.24. The molecule has 0 bridgehead atoms. The topological polar surface area (TPSA) is 50.9 Å². The molecule has 1 unspecified atom stereocenters. The van der Waals surface area contributed by atoms with Gasteiger partial charge in [0.1, 0.15) is 5.52 Å². The Morgan fingerprint density at radius 1 is 1.43 bits per heavy atom. The van der Waals surface area contributed by atoms with Crippen molar-refractivity contribution in [3.8, 4) is 0 Å². The molecular formula is C9H11N3OS. The first-order chi connectivity index (χ1) is 6.70. The maximum atomic E-state index is 9.77. The summed E-state index contributed by atoms with van der Waals surface area (Å²) in [7, 11) is 0. The van der Waals surface area contributed by atoms with Gasteiger partial charge in [0, 0.05) is 5.25 Å². The number of para-hydroxylation sites is 1. The van der Waals surface area contributed by atoms with Gasteiger partial charge in [-0.2, -0.15) is 12.6 Å². The van der Waals surface area contributed by atoms with Crippen LogP contribution in [-0.4, -0.2) is 25.4 Å². The fraction of sp³-hybridized carbons (Fsp3) is 0.333. The van der Waals surface area contributed by atoms with Crippen molar-refractivity contribution in [1.29, 1.82) is 0 Å². The third-order valence-electron chi connectivity index (χ3n) is 2.06. The Labute approximate surface area is 87.0 Å². The van der Waals surface area contributed by atoms with Gasteiger partial charge in [0.05, 0.1) is 5.52 Å². The highest BCUT2D eigenvalue weighted by molar-refractivity contribution is 7.80. The van der Waals surface area contributed by atoms with Crippen molar-refractivity contribution in [2.24, 2.45) is 0 Å². The van der Waals surface area contributed by atoms with Gasteiger partial charge in [-0.25, -0.2) is 4.68 Å². The van der Waals surface area contributed by atoms with Crippen LogP contribution in [0.2, 0.25) is 0 Å². The van der Waals surface area contributed by atoms with Gasteiger partial charge in [0.2, 0.25) is 0 Å². The molecule has 1 N–H and O–H groups in total. The second kappa shape index (κ2) is 3.59. The van der Waals surface area contributed by atoms with Gasteiger partial charge in [0.25, 0.3) is 0 Å². The molecule has 0 aliphatic heterocycles. The second-order valence-electron chi connectivity index (χ2n) is 3.18. The Morgan fingerprint density at radius 2 is 2.14 bits per heavy atom. The van der Waals surface area contributed by atoms with E-state index in [-0.39, 0.29) is 5.25 Å². The number of hydrogen-bond donors (Lipinski definition) is 2. The molecule has 4 nitrogen and oxygen atoms in total. The van der Waals surface area contributed by atoms with E-state index in [2.05, 4.69) is 22.9 Å². The highest BCUT2D eigenvalue weighted by Crippen LogP contribution is 2.18. The molecule has 14 heavy (non-hydrogen) atoms. The third kappa shape index (κ3) is 1.49. The van der Waals surface area contributed by atoms with Crippen LogP contribution >= 0.6 is 12.6 Å². The van der Waals surface area contributed by atoms with E-state index in [0.29, 0.717) is 0 Å². The Bertz CT molecular complexity index is 440. The van der Waals surface area contributed by atoms with Crippen LogP contribution in [0.1, 0.15) is 13.2 Å². The molecule has 0 aliphatic carbocycles. The summed E-state index contributed by atoms with van der Waals surface area (Å²) in [5.74, 6) is 0. The number of thiol groups is 1. The largest absolute Gasteiger partial charge is 0.371 e. The molecule has 74 valence electrons. The molecule has 0 aliphatic rings. The van der Waals surface area contributed by atoms with E-state index in [9.17, 15) is 5.11 Å². The summed E-state index contributed by atoms with van der Waals surface area (Å²) in [4.78, 5) is 0. The Kier molecular flexibility index (Phi) is 2.43. The molecule has 0 radical (unpaired) electrons. The molecule has 0 fully saturated rings. The summed E-state index contributed by atoms with van der Waals surface area (Å²) in [5, 5.41) is 17.4. The molecule has 5 heteroatoms. The van der Waals surface area contributed by atoms with E-state index in [0.717, 1.165) is 11.0 Å². The average Bonchev–Trinajstić information content (AvgIpc) is 2.60. The molecule has 0 spiro atoms. The number of nitrogens with zero attached hydrogens (tertiary/aromatic N) is 3. The molecular weight excluding hydrogens is 198 g/mol. The SMILES string of the molecule is C[C@@H](S)C(O)n1nnc2ccccc21. The van der Waals surface area contributed by atoms with Crippen molar-refractivity contribution in [2.45, 2.75) is 18.4 Å². The fourth-order valence-corrected chi connectivity index (χ4v) is 1.41. The zero-order chi connectivity index (χ0) is 10.1. The zero-order valence-electron chi connectivity index (χ0n) is 7.70. The van der Waals surface area contributed by atoms with E-state index >= 15 is 0 Å². The molecule has 0 amide bonds. The summed E-state index contributed by atoms with van der Waals surface area (Å²) in [6.07, 6.45) is -0.745. The third-order valence-corrected chi connectivity index (χ3v) is 2.33. The number of rotatable bonds is 2. The van der Waals surface area contributed by atoms with Crippen LogP contribution in [0, 0.1) is 0 Å². The van der Waals surface area contributed by atoms with Crippen molar-refractivity contribution >= 4 is 23.7 Å². The van der Waals surface area contributed by atoms with Crippen LogP contribution in [-0.2, 0) is 0 Å². The number of benzene rings is 1. The summed E-state index contributed by atoms with van der Waals surface area (Å²) < 4.78 is 1.48. The van der Waals surface area contributed by atoms with Crippen molar-refractivity contribution in [3.05, 3.63) is 24.3 Å². The molecule has 1 aromatic heterocycles. The maximum absolute atomic E-state index is 9.77. The fourth-order valence-electron chi connectivity index (χ4n) is 1.29. The van der Waals surface area contributed by atoms with E-state index in [1.165, 1.54) is 4.68 Å². The number of aromatic nitrogens is 3. The highest BCUT2D eigenvalue weighted by atomic mass is 32.1. The Balaban J connectivity index is 2.53. The second-order valence-corrected chi connectivity index (χ2v) is 3.99. The minimum Gasteiger partial charge on any atom is -0.371 e. The number of fused-ring (bicyclic) bond motifs is 1. The Hall–Kier alpha value is -1.07. The highest BCUT2D eigenvalue weighted by Gasteiger charge is 2.15. The lowest BCUT2D eigenvalue weighted by molar-refractivity contribution is 0.0954. The monoisotopic (exact) mass is 209 g/mol. The van der Waals surface area contributed by atoms with Crippen LogP contribution in [0.5, 0.6) is 0 Å². The van der Waals surface area contributed by atoms with E-state index in [1.807, 2.05) is 31.2 Å². The van der Waals surface area contributed by atoms with Gasteiger partial charge >= 0.3 is 0 Å². The van der Waals surface area contributed by atoms with Crippen molar-refractivity contribution in [1.82, 2.24) is 15.0 Å². The number of hydrogen-bond acceptors (Lipinski definition) is 4. The van der Waals surface area contributed by atoms with Crippen LogP contribution in [0.4, 0.5) is 0 Å².